The summed E-state index contributed by atoms with van der Waals surface area (Å²) in [6.45, 7) is 4.63. The van der Waals surface area contributed by atoms with Crippen molar-refractivity contribution >= 4 is 23.8 Å². The number of ether oxygens (including phenoxy) is 3. The van der Waals surface area contributed by atoms with Gasteiger partial charge in [-0.2, -0.15) is 0 Å². The van der Waals surface area contributed by atoms with Gasteiger partial charge in [0.05, 0.1) is 6.61 Å². The maximum Gasteiger partial charge on any atom is 0.409 e. The molecule has 7 heteroatoms. The number of piperidine rings is 1. The number of amides is 2. The summed E-state index contributed by atoms with van der Waals surface area (Å²) in [5.74, 6) is 1.24. The average molecular weight is 451 g/mol. The molecular formula is C26H30N2O5. The van der Waals surface area contributed by atoms with Gasteiger partial charge in [-0.05, 0) is 37.5 Å². The Morgan fingerprint density at radius 3 is 2.52 bits per heavy atom. The van der Waals surface area contributed by atoms with Crippen molar-refractivity contribution in [2.75, 3.05) is 44.4 Å². The van der Waals surface area contributed by atoms with E-state index in [1.54, 1.807) is 16.7 Å². The smallest absolute Gasteiger partial charge is 0.409 e. The van der Waals surface area contributed by atoms with Gasteiger partial charge in [0, 0.05) is 37.3 Å². The zero-order chi connectivity index (χ0) is 23.0. The molecule has 0 unspecified atom stereocenters. The normalized spacial score (nSPS) is 16.0. The Kier molecular flexibility index (Phi) is 7.50. The number of anilines is 1. The van der Waals surface area contributed by atoms with Gasteiger partial charge >= 0.3 is 6.09 Å². The lowest BCUT2D eigenvalue weighted by Gasteiger charge is -2.33. The number of rotatable bonds is 6. The molecule has 2 aliphatic heterocycles. The van der Waals surface area contributed by atoms with Gasteiger partial charge in [0.25, 0.3) is 0 Å². The summed E-state index contributed by atoms with van der Waals surface area (Å²) >= 11 is 0. The first-order valence-corrected chi connectivity index (χ1v) is 11.5. The molecule has 7 nitrogen and oxygen atoms in total. The van der Waals surface area contributed by atoms with Crippen LogP contribution in [-0.4, -0.2) is 56.4 Å². The van der Waals surface area contributed by atoms with Gasteiger partial charge in [0.1, 0.15) is 13.2 Å². The van der Waals surface area contributed by atoms with Gasteiger partial charge in [0.2, 0.25) is 5.91 Å². The molecule has 0 bridgehead atoms. The first-order valence-electron chi connectivity index (χ1n) is 11.5. The summed E-state index contributed by atoms with van der Waals surface area (Å²) in [6, 6.07) is 15.6. The molecule has 2 aromatic carbocycles. The third-order valence-electron chi connectivity index (χ3n) is 5.87. The van der Waals surface area contributed by atoms with E-state index in [-0.39, 0.29) is 17.9 Å². The van der Waals surface area contributed by atoms with Gasteiger partial charge in [-0.1, -0.05) is 42.5 Å². The van der Waals surface area contributed by atoms with E-state index in [0.29, 0.717) is 63.8 Å². The molecule has 0 spiro atoms. The van der Waals surface area contributed by atoms with Crippen molar-refractivity contribution in [3.8, 4) is 11.5 Å². The Morgan fingerprint density at radius 1 is 1.06 bits per heavy atom. The summed E-state index contributed by atoms with van der Waals surface area (Å²) in [7, 11) is 0. The molecule has 2 amide bonds. The van der Waals surface area contributed by atoms with Crippen LogP contribution in [0, 0.1) is 5.92 Å². The number of carbonyl (C=O) groups excluding carboxylic acids is 2. The van der Waals surface area contributed by atoms with Gasteiger partial charge in [-0.15, -0.1) is 0 Å². The van der Waals surface area contributed by atoms with E-state index in [1.165, 1.54) is 0 Å². The van der Waals surface area contributed by atoms with E-state index in [4.69, 9.17) is 14.2 Å². The number of fused-ring (bicyclic) bond motifs is 1. The van der Waals surface area contributed by atoms with Crippen molar-refractivity contribution in [3.63, 3.8) is 0 Å². The van der Waals surface area contributed by atoms with E-state index < -0.39 is 0 Å². The van der Waals surface area contributed by atoms with E-state index in [9.17, 15) is 9.59 Å². The monoisotopic (exact) mass is 450 g/mol. The largest absolute Gasteiger partial charge is 0.486 e. The van der Waals surface area contributed by atoms with E-state index in [2.05, 4.69) is 0 Å². The Bertz CT molecular complexity index is 983. The number of nitrogens with zero attached hydrogens (tertiary/aromatic N) is 2. The molecule has 2 aromatic rings. The minimum Gasteiger partial charge on any atom is -0.486 e. The maximum atomic E-state index is 13.6. The Balaban J connectivity index is 1.50. The Morgan fingerprint density at radius 2 is 1.79 bits per heavy atom. The van der Waals surface area contributed by atoms with Crippen molar-refractivity contribution in [1.82, 2.24) is 4.90 Å². The molecule has 0 radical (unpaired) electrons. The van der Waals surface area contributed by atoms with Crippen molar-refractivity contribution in [3.05, 3.63) is 60.2 Å². The van der Waals surface area contributed by atoms with E-state index in [0.717, 1.165) is 11.3 Å². The average Bonchev–Trinajstić information content (AvgIpc) is 2.87. The van der Waals surface area contributed by atoms with Gasteiger partial charge in [-0.25, -0.2) is 4.79 Å². The van der Waals surface area contributed by atoms with E-state index in [1.807, 2.05) is 60.7 Å². The van der Waals surface area contributed by atoms with Crippen molar-refractivity contribution < 1.29 is 23.8 Å². The molecule has 2 heterocycles. The lowest BCUT2D eigenvalue weighted by molar-refractivity contribution is -0.123. The summed E-state index contributed by atoms with van der Waals surface area (Å²) in [4.78, 5) is 29.1. The van der Waals surface area contributed by atoms with Crippen LogP contribution in [0.4, 0.5) is 10.5 Å². The summed E-state index contributed by atoms with van der Waals surface area (Å²) in [5, 5.41) is 0. The standard InChI is InChI=1S/C26H30N2O5/c1-2-31-26(30)27-15-12-21(13-16-27)25(29)28(14-6-9-20-7-4-3-5-8-20)22-10-11-23-24(19-22)33-18-17-32-23/h3-11,19,21H,2,12-18H2,1H3/b9-6+. The van der Waals surface area contributed by atoms with Gasteiger partial charge in [0.15, 0.2) is 11.5 Å². The van der Waals surface area contributed by atoms with Crippen molar-refractivity contribution in [2.24, 2.45) is 5.92 Å². The molecule has 1 saturated heterocycles. The number of hydrogen-bond acceptors (Lipinski definition) is 5. The quantitative estimate of drug-likeness (QED) is 0.654. The second-order valence-corrected chi connectivity index (χ2v) is 8.05. The zero-order valence-corrected chi connectivity index (χ0v) is 18.9. The fourth-order valence-corrected chi connectivity index (χ4v) is 4.13. The van der Waals surface area contributed by atoms with Crippen LogP contribution < -0.4 is 14.4 Å². The van der Waals surface area contributed by atoms with Crippen LogP contribution in [0.5, 0.6) is 11.5 Å². The molecule has 0 N–H and O–H groups in total. The molecule has 0 aliphatic carbocycles. The molecule has 1 fully saturated rings. The van der Waals surface area contributed by atoms with Gasteiger partial charge < -0.3 is 24.0 Å². The SMILES string of the molecule is CCOC(=O)N1CCC(C(=O)N(C/C=C/c2ccccc2)c2ccc3c(c2)OCCO3)CC1. The van der Waals surface area contributed by atoms with Gasteiger partial charge in [-0.3, -0.25) is 4.79 Å². The summed E-state index contributed by atoms with van der Waals surface area (Å²) in [6.07, 6.45) is 4.93. The number of likely N-dealkylation sites (tertiary alicyclic amines) is 1. The maximum absolute atomic E-state index is 13.6. The third-order valence-corrected chi connectivity index (χ3v) is 5.87. The summed E-state index contributed by atoms with van der Waals surface area (Å²) < 4.78 is 16.5. The fraction of sp³-hybridized carbons (Fsp3) is 0.385. The first kappa shape index (κ1) is 22.7. The second kappa shape index (κ2) is 10.9. The number of hydrogen-bond donors (Lipinski definition) is 0. The molecule has 174 valence electrons. The highest BCUT2D eigenvalue weighted by Crippen LogP contribution is 2.35. The molecule has 0 aromatic heterocycles. The lowest BCUT2D eigenvalue weighted by Crippen LogP contribution is -2.44. The number of benzene rings is 2. The fourth-order valence-electron chi connectivity index (χ4n) is 4.13. The first-order chi connectivity index (χ1) is 16.2. The highest BCUT2D eigenvalue weighted by atomic mass is 16.6. The topological polar surface area (TPSA) is 68.3 Å². The molecule has 4 rings (SSSR count). The van der Waals surface area contributed by atoms with Crippen molar-refractivity contribution in [2.45, 2.75) is 19.8 Å². The molecule has 2 aliphatic rings. The van der Waals surface area contributed by atoms with Crippen LogP contribution in [0.15, 0.2) is 54.6 Å². The van der Waals surface area contributed by atoms with E-state index >= 15 is 0 Å². The Hall–Kier alpha value is -3.48. The third kappa shape index (κ3) is 5.66. The molecule has 0 saturated carbocycles. The predicted octanol–water partition coefficient (Wildman–Crippen LogP) is 4.37. The summed E-state index contributed by atoms with van der Waals surface area (Å²) in [5.41, 5.74) is 1.85. The van der Waals surface area contributed by atoms with Crippen LogP contribution in [0.25, 0.3) is 6.08 Å². The van der Waals surface area contributed by atoms with Crippen LogP contribution in [0.2, 0.25) is 0 Å². The van der Waals surface area contributed by atoms with Crippen LogP contribution in [0.3, 0.4) is 0 Å². The minimum atomic E-state index is -0.308. The minimum absolute atomic E-state index is 0.0490. The molecular weight excluding hydrogens is 420 g/mol. The van der Waals surface area contributed by atoms with Crippen LogP contribution in [-0.2, 0) is 9.53 Å². The Labute approximate surface area is 194 Å². The zero-order valence-electron chi connectivity index (χ0n) is 18.9. The molecule has 0 atom stereocenters. The number of carbonyl (C=O) groups is 2. The highest BCUT2D eigenvalue weighted by Gasteiger charge is 2.31. The van der Waals surface area contributed by atoms with Crippen molar-refractivity contribution in [1.29, 1.82) is 0 Å². The molecule has 33 heavy (non-hydrogen) atoms. The van der Waals surface area contributed by atoms with Crippen LogP contribution in [0.1, 0.15) is 25.3 Å². The predicted molar refractivity (Wildman–Crippen MR) is 127 cm³/mol. The van der Waals surface area contributed by atoms with Crippen LogP contribution >= 0.6 is 0 Å². The highest BCUT2D eigenvalue weighted by molar-refractivity contribution is 5.96. The second-order valence-electron chi connectivity index (χ2n) is 8.05. The lowest BCUT2D eigenvalue weighted by atomic mass is 9.95.